The molecule has 0 N–H and O–H groups in total. The SMILES string of the molecule is C=CCN(Cc1cccc(C#N)c1)S(=O)(=O)c1cccc(C#N)c1. The minimum atomic E-state index is -3.79. The summed E-state index contributed by atoms with van der Waals surface area (Å²) in [7, 11) is -3.79. The van der Waals surface area contributed by atoms with E-state index in [1.54, 1.807) is 30.3 Å². The molecule has 0 aliphatic rings. The normalized spacial score (nSPS) is 10.8. The van der Waals surface area contributed by atoms with Crippen LogP contribution in [-0.4, -0.2) is 19.3 Å². The molecule has 0 aromatic heterocycles. The van der Waals surface area contributed by atoms with Crippen molar-refractivity contribution in [2.75, 3.05) is 6.54 Å². The molecule has 0 bridgehead atoms. The van der Waals surface area contributed by atoms with E-state index in [0.29, 0.717) is 11.1 Å². The number of rotatable bonds is 6. The second kappa shape index (κ2) is 7.56. The number of nitriles is 2. The zero-order valence-electron chi connectivity index (χ0n) is 12.9. The monoisotopic (exact) mass is 337 g/mol. The summed E-state index contributed by atoms with van der Waals surface area (Å²) >= 11 is 0. The van der Waals surface area contributed by atoms with Crippen molar-refractivity contribution in [1.29, 1.82) is 10.5 Å². The first-order valence-electron chi connectivity index (χ1n) is 7.11. The van der Waals surface area contributed by atoms with Crippen molar-refractivity contribution < 1.29 is 8.42 Å². The van der Waals surface area contributed by atoms with Crippen molar-refractivity contribution in [3.8, 4) is 12.1 Å². The van der Waals surface area contributed by atoms with Gasteiger partial charge in [0.15, 0.2) is 0 Å². The molecule has 0 unspecified atom stereocenters. The molecule has 0 spiro atoms. The van der Waals surface area contributed by atoms with E-state index in [0.717, 1.165) is 0 Å². The molecule has 0 heterocycles. The van der Waals surface area contributed by atoms with Crippen LogP contribution >= 0.6 is 0 Å². The van der Waals surface area contributed by atoms with E-state index >= 15 is 0 Å². The molecule has 120 valence electrons. The van der Waals surface area contributed by atoms with E-state index in [-0.39, 0.29) is 23.5 Å². The van der Waals surface area contributed by atoms with Crippen LogP contribution in [0.15, 0.2) is 66.1 Å². The molecule has 0 saturated carbocycles. The second-order valence-corrected chi connectivity index (χ2v) is 6.98. The van der Waals surface area contributed by atoms with E-state index < -0.39 is 10.0 Å². The number of hydrogen-bond donors (Lipinski definition) is 0. The molecular formula is C18H15N3O2S. The van der Waals surface area contributed by atoms with Crippen LogP contribution in [0.2, 0.25) is 0 Å². The van der Waals surface area contributed by atoms with Crippen molar-refractivity contribution >= 4 is 10.0 Å². The Balaban J connectivity index is 2.40. The first-order chi connectivity index (χ1) is 11.5. The van der Waals surface area contributed by atoms with Gasteiger partial charge in [-0.2, -0.15) is 14.8 Å². The Kier molecular flexibility index (Phi) is 5.49. The summed E-state index contributed by atoms with van der Waals surface area (Å²) in [4.78, 5) is 0.0554. The highest BCUT2D eigenvalue weighted by Crippen LogP contribution is 2.20. The molecule has 2 aromatic rings. The van der Waals surface area contributed by atoms with E-state index in [9.17, 15) is 8.42 Å². The summed E-state index contributed by atoms with van der Waals surface area (Å²) < 4.78 is 27.0. The summed E-state index contributed by atoms with van der Waals surface area (Å²) in [6, 6.07) is 16.6. The number of hydrogen-bond acceptors (Lipinski definition) is 4. The molecule has 24 heavy (non-hydrogen) atoms. The van der Waals surface area contributed by atoms with Gasteiger partial charge in [0.2, 0.25) is 10.0 Å². The maximum atomic E-state index is 12.9. The molecule has 0 radical (unpaired) electrons. The highest BCUT2D eigenvalue weighted by Gasteiger charge is 2.24. The number of benzene rings is 2. The first-order valence-corrected chi connectivity index (χ1v) is 8.55. The Hall–Kier alpha value is -2.93. The van der Waals surface area contributed by atoms with E-state index in [2.05, 4.69) is 6.58 Å². The fourth-order valence-electron chi connectivity index (χ4n) is 2.21. The lowest BCUT2D eigenvalue weighted by Gasteiger charge is -2.21. The van der Waals surface area contributed by atoms with Gasteiger partial charge in [0.1, 0.15) is 0 Å². The summed E-state index contributed by atoms with van der Waals surface area (Å²) in [5, 5.41) is 17.9. The van der Waals surface area contributed by atoms with Gasteiger partial charge in [0.05, 0.1) is 28.2 Å². The highest BCUT2D eigenvalue weighted by atomic mass is 32.2. The fourth-order valence-corrected chi connectivity index (χ4v) is 3.65. The van der Waals surface area contributed by atoms with Crippen molar-refractivity contribution in [3.05, 3.63) is 77.9 Å². The zero-order chi connectivity index (χ0) is 17.6. The Bertz CT molecular complexity index is 937. The van der Waals surface area contributed by atoms with Gasteiger partial charge in [-0.25, -0.2) is 8.42 Å². The minimum absolute atomic E-state index is 0.0554. The van der Waals surface area contributed by atoms with Crippen LogP contribution in [0.3, 0.4) is 0 Å². The molecule has 5 nitrogen and oxygen atoms in total. The molecule has 2 aromatic carbocycles. The number of nitrogens with zero attached hydrogens (tertiary/aromatic N) is 3. The smallest absolute Gasteiger partial charge is 0.207 e. The van der Waals surface area contributed by atoms with Gasteiger partial charge in [-0.05, 0) is 35.9 Å². The topological polar surface area (TPSA) is 85.0 Å². The van der Waals surface area contributed by atoms with Crippen LogP contribution < -0.4 is 0 Å². The van der Waals surface area contributed by atoms with Crippen molar-refractivity contribution in [2.24, 2.45) is 0 Å². The van der Waals surface area contributed by atoms with Crippen molar-refractivity contribution in [2.45, 2.75) is 11.4 Å². The fraction of sp³-hybridized carbons (Fsp3) is 0.111. The van der Waals surface area contributed by atoms with Gasteiger partial charge in [-0.1, -0.05) is 24.3 Å². The molecule has 0 saturated heterocycles. The standard InChI is InChI=1S/C18H15N3O2S/c1-2-9-21(14-17-7-3-5-15(10-17)12-19)24(22,23)18-8-4-6-16(11-18)13-20/h2-8,10-11H,1,9,14H2. The third-order valence-electron chi connectivity index (χ3n) is 3.35. The summed E-state index contributed by atoms with van der Waals surface area (Å²) in [5.41, 5.74) is 1.45. The predicted molar refractivity (Wildman–Crippen MR) is 90.1 cm³/mol. The average molecular weight is 337 g/mol. The molecule has 2 rings (SSSR count). The molecule has 0 amide bonds. The van der Waals surface area contributed by atoms with Gasteiger partial charge in [0, 0.05) is 13.1 Å². The van der Waals surface area contributed by atoms with Crippen LogP contribution in [-0.2, 0) is 16.6 Å². The molecule has 0 atom stereocenters. The quantitative estimate of drug-likeness (QED) is 0.759. The Morgan fingerprint density at radius 2 is 1.67 bits per heavy atom. The first kappa shape index (κ1) is 17.4. The Labute approximate surface area is 141 Å². The molecule has 0 aliphatic heterocycles. The molecule has 6 heteroatoms. The van der Waals surface area contributed by atoms with Gasteiger partial charge in [-0.15, -0.1) is 6.58 Å². The zero-order valence-corrected chi connectivity index (χ0v) is 13.7. The molecule has 0 aliphatic carbocycles. The van der Waals surface area contributed by atoms with E-state index in [1.165, 1.54) is 28.6 Å². The van der Waals surface area contributed by atoms with Crippen molar-refractivity contribution in [3.63, 3.8) is 0 Å². The largest absolute Gasteiger partial charge is 0.243 e. The minimum Gasteiger partial charge on any atom is -0.207 e. The van der Waals surface area contributed by atoms with Gasteiger partial charge >= 0.3 is 0 Å². The molecule has 0 fully saturated rings. The van der Waals surface area contributed by atoms with Crippen LogP contribution in [0.4, 0.5) is 0 Å². The lowest BCUT2D eigenvalue weighted by atomic mass is 10.1. The predicted octanol–water partition coefficient (Wildman–Crippen LogP) is 2.81. The maximum absolute atomic E-state index is 12.9. The maximum Gasteiger partial charge on any atom is 0.243 e. The third-order valence-corrected chi connectivity index (χ3v) is 5.16. The summed E-state index contributed by atoms with van der Waals surface area (Å²) in [6.45, 7) is 3.84. The van der Waals surface area contributed by atoms with E-state index in [1.807, 2.05) is 12.1 Å². The van der Waals surface area contributed by atoms with Crippen LogP contribution in [0.5, 0.6) is 0 Å². The average Bonchev–Trinajstić information content (AvgIpc) is 2.61. The van der Waals surface area contributed by atoms with Crippen LogP contribution in [0, 0.1) is 22.7 Å². The van der Waals surface area contributed by atoms with Crippen LogP contribution in [0.25, 0.3) is 0 Å². The Morgan fingerprint density at radius 1 is 1.04 bits per heavy atom. The highest BCUT2D eigenvalue weighted by molar-refractivity contribution is 7.89. The van der Waals surface area contributed by atoms with E-state index in [4.69, 9.17) is 10.5 Å². The second-order valence-electron chi connectivity index (χ2n) is 5.04. The van der Waals surface area contributed by atoms with Crippen LogP contribution in [0.1, 0.15) is 16.7 Å². The Morgan fingerprint density at radius 3 is 2.29 bits per heavy atom. The molecular weight excluding hydrogens is 322 g/mol. The van der Waals surface area contributed by atoms with Gasteiger partial charge in [-0.3, -0.25) is 0 Å². The number of sulfonamides is 1. The third kappa shape index (κ3) is 3.88. The lowest BCUT2D eigenvalue weighted by Crippen LogP contribution is -2.31. The lowest BCUT2D eigenvalue weighted by molar-refractivity contribution is 0.438. The van der Waals surface area contributed by atoms with Crippen molar-refractivity contribution in [1.82, 2.24) is 4.31 Å². The van der Waals surface area contributed by atoms with Gasteiger partial charge in [0.25, 0.3) is 0 Å². The summed E-state index contributed by atoms with van der Waals surface area (Å²) in [6.07, 6.45) is 1.50. The summed E-state index contributed by atoms with van der Waals surface area (Å²) in [5.74, 6) is 0. The van der Waals surface area contributed by atoms with Gasteiger partial charge < -0.3 is 0 Å².